The molecular weight excluding hydrogens is 232 g/mol. The maximum absolute atomic E-state index is 3.84. The lowest BCUT2D eigenvalue weighted by Gasteiger charge is -2.50. The molecular formula is C17H34N2. The summed E-state index contributed by atoms with van der Waals surface area (Å²) in [7, 11) is 0. The van der Waals surface area contributed by atoms with Gasteiger partial charge in [-0.25, -0.2) is 0 Å². The van der Waals surface area contributed by atoms with Crippen molar-refractivity contribution in [2.24, 2.45) is 5.92 Å². The Hall–Kier alpha value is -0.0800. The van der Waals surface area contributed by atoms with Crippen molar-refractivity contribution < 1.29 is 0 Å². The van der Waals surface area contributed by atoms with Gasteiger partial charge >= 0.3 is 0 Å². The molecule has 0 aromatic carbocycles. The molecule has 2 nitrogen and oxygen atoms in total. The smallest absolute Gasteiger partial charge is 0.0304 e. The second-order valence-electron chi connectivity index (χ2n) is 7.07. The highest BCUT2D eigenvalue weighted by molar-refractivity contribution is 4.98. The summed E-state index contributed by atoms with van der Waals surface area (Å²) in [5.41, 5.74) is 0.374. The summed E-state index contributed by atoms with van der Waals surface area (Å²) in [6.45, 7) is 12.0. The zero-order chi connectivity index (χ0) is 13.9. The van der Waals surface area contributed by atoms with Gasteiger partial charge in [-0.2, -0.15) is 0 Å². The quantitative estimate of drug-likeness (QED) is 0.782. The van der Waals surface area contributed by atoms with Crippen LogP contribution < -0.4 is 5.32 Å². The summed E-state index contributed by atoms with van der Waals surface area (Å²) >= 11 is 0. The van der Waals surface area contributed by atoms with Crippen LogP contribution in [-0.2, 0) is 0 Å². The van der Waals surface area contributed by atoms with E-state index in [1.54, 1.807) is 0 Å². The molecule has 0 spiro atoms. The van der Waals surface area contributed by atoms with Gasteiger partial charge in [0.15, 0.2) is 0 Å². The topological polar surface area (TPSA) is 15.3 Å². The van der Waals surface area contributed by atoms with Crippen LogP contribution in [0.3, 0.4) is 0 Å². The molecule has 112 valence electrons. The summed E-state index contributed by atoms with van der Waals surface area (Å²) in [4.78, 5) is 2.86. The van der Waals surface area contributed by atoms with Crippen LogP contribution in [0.15, 0.2) is 0 Å². The molecule has 0 radical (unpaired) electrons. The first-order valence-corrected chi connectivity index (χ1v) is 8.62. The average molecular weight is 266 g/mol. The van der Waals surface area contributed by atoms with E-state index in [0.717, 1.165) is 12.0 Å². The fourth-order valence-electron chi connectivity index (χ4n) is 4.18. The standard InChI is InChI=1S/C17H34N2/c1-5-17(6-2)13-19(15(4)12-18-17)16-11-9-7-8-10-14(16)3/h14-16,18H,5-13H2,1-4H3. The maximum Gasteiger partial charge on any atom is 0.0304 e. The Morgan fingerprint density at radius 1 is 1.05 bits per heavy atom. The van der Waals surface area contributed by atoms with Crippen molar-refractivity contribution in [2.45, 2.75) is 90.3 Å². The Labute approximate surface area is 120 Å². The highest BCUT2D eigenvalue weighted by Gasteiger charge is 2.39. The Kier molecular flexibility index (Phi) is 5.30. The molecule has 1 saturated carbocycles. The van der Waals surface area contributed by atoms with Crippen molar-refractivity contribution in [3.63, 3.8) is 0 Å². The number of nitrogens with zero attached hydrogens (tertiary/aromatic N) is 1. The van der Waals surface area contributed by atoms with Gasteiger partial charge in [0.2, 0.25) is 0 Å². The van der Waals surface area contributed by atoms with Crippen molar-refractivity contribution in [3.05, 3.63) is 0 Å². The normalized spacial score (nSPS) is 36.9. The largest absolute Gasteiger partial charge is 0.308 e. The Balaban J connectivity index is 2.11. The van der Waals surface area contributed by atoms with Gasteiger partial charge in [-0.1, -0.05) is 40.0 Å². The predicted octanol–water partition coefficient (Wildman–Crippen LogP) is 3.81. The van der Waals surface area contributed by atoms with Crippen LogP contribution >= 0.6 is 0 Å². The lowest BCUT2D eigenvalue weighted by molar-refractivity contribution is 0.0214. The van der Waals surface area contributed by atoms with Gasteiger partial charge < -0.3 is 5.32 Å². The lowest BCUT2D eigenvalue weighted by atomic mass is 9.85. The molecule has 3 unspecified atom stereocenters. The number of piperazine rings is 1. The molecule has 2 aliphatic rings. The molecule has 2 rings (SSSR count). The Morgan fingerprint density at radius 2 is 1.74 bits per heavy atom. The van der Waals surface area contributed by atoms with Crippen LogP contribution in [0.4, 0.5) is 0 Å². The van der Waals surface area contributed by atoms with Crippen LogP contribution in [0, 0.1) is 5.92 Å². The zero-order valence-corrected chi connectivity index (χ0v) is 13.5. The first-order valence-electron chi connectivity index (χ1n) is 8.62. The fraction of sp³-hybridized carbons (Fsp3) is 1.00. The van der Waals surface area contributed by atoms with E-state index in [0.29, 0.717) is 11.6 Å². The average Bonchev–Trinajstić information content (AvgIpc) is 2.65. The van der Waals surface area contributed by atoms with Gasteiger partial charge in [0, 0.05) is 30.7 Å². The van der Waals surface area contributed by atoms with Crippen molar-refractivity contribution in [2.75, 3.05) is 13.1 Å². The highest BCUT2D eigenvalue weighted by atomic mass is 15.3. The molecule has 0 amide bonds. The Bertz CT molecular complexity index is 272. The summed E-state index contributed by atoms with van der Waals surface area (Å²) in [5, 5.41) is 3.84. The molecule has 0 aromatic heterocycles. The second kappa shape index (κ2) is 6.58. The molecule has 2 heteroatoms. The van der Waals surface area contributed by atoms with Crippen molar-refractivity contribution >= 4 is 0 Å². The van der Waals surface area contributed by atoms with E-state index in [1.165, 1.54) is 58.0 Å². The molecule has 1 saturated heterocycles. The van der Waals surface area contributed by atoms with E-state index in [9.17, 15) is 0 Å². The summed E-state index contributed by atoms with van der Waals surface area (Å²) < 4.78 is 0. The summed E-state index contributed by atoms with van der Waals surface area (Å²) in [5.74, 6) is 0.884. The molecule has 1 N–H and O–H groups in total. The SMILES string of the molecule is CCC1(CC)CN(C2CCCCCC2C)C(C)CN1. The number of hydrogen-bond donors (Lipinski definition) is 1. The van der Waals surface area contributed by atoms with Crippen molar-refractivity contribution in [1.82, 2.24) is 10.2 Å². The van der Waals surface area contributed by atoms with Gasteiger partial charge in [0.05, 0.1) is 0 Å². The van der Waals surface area contributed by atoms with E-state index in [2.05, 4.69) is 37.9 Å². The third kappa shape index (κ3) is 3.33. The van der Waals surface area contributed by atoms with Crippen molar-refractivity contribution in [1.29, 1.82) is 0 Å². The molecule has 0 aromatic rings. The predicted molar refractivity (Wildman–Crippen MR) is 83.5 cm³/mol. The number of rotatable bonds is 3. The van der Waals surface area contributed by atoms with Crippen molar-refractivity contribution in [3.8, 4) is 0 Å². The minimum Gasteiger partial charge on any atom is -0.308 e. The van der Waals surface area contributed by atoms with Crippen LogP contribution in [0.25, 0.3) is 0 Å². The Morgan fingerprint density at radius 3 is 2.42 bits per heavy atom. The maximum atomic E-state index is 3.84. The minimum atomic E-state index is 0.374. The van der Waals surface area contributed by atoms with E-state index in [1.807, 2.05) is 0 Å². The third-order valence-corrected chi connectivity index (χ3v) is 5.92. The van der Waals surface area contributed by atoms with Gasteiger partial charge in [-0.05, 0) is 38.5 Å². The molecule has 1 aliphatic heterocycles. The zero-order valence-electron chi connectivity index (χ0n) is 13.5. The first kappa shape index (κ1) is 15.3. The fourth-order valence-corrected chi connectivity index (χ4v) is 4.18. The first-order chi connectivity index (χ1) is 9.12. The summed E-state index contributed by atoms with van der Waals surface area (Å²) in [6, 6.07) is 1.54. The summed E-state index contributed by atoms with van der Waals surface area (Å²) in [6.07, 6.45) is 9.72. The molecule has 2 fully saturated rings. The van der Waals surface area contributed by atoms with Gasteiger partial charge in [0.1, 0.15) is 0 Å². The van der Waals surface area contributed by atoms with E-state index >= 15 is 0 Å². The van der Waals surface area contributed by atoms with Crippen LogP contribution in [0.5, 0.6) is 0 Å². The highest BCUT2D eigenvalue weighted by Crippen LogP contribution is 2.32. The third-order valence-electron chi connectivity index (χ3n) is 5.92. The molecule has 1 aliphatic carbocycles. The minimum absolute atomic E-state index is 0.374. The van der Waals surface area contributed by atoms with Gasteiger partial charge in [-0.3, -0.25) is 4.90 Å². The van der Waals surface area contributed by atoms with Gasteiger partial charge in [-0.15, -0.1) is 0 Å². The second-order valence-corrected chi connectivity index (χ2v) is 7.07. The number of hydrogen-bond acceptors (Lipinski definition) is 2. The van der Waals surface area contributed by atoms with E-state index in [-0.39, 0.29) is 0 Å². The molecule has 1 heterocycles. The van der Waals surface area contributed by atoms with Crippen LogP contribution in [-0.4, -0.2) is 35.6 Å². The lowest BCUT2D eigenvalue weighted by Crippen LogP contribution is -2.65. The van der Waals surface area contributed by atoms with Gasteiger partial charge in [0.25, 0.3) is 0 Å². The molecule has 0 bridgehead atoms. The monoisotopic (exact) mass is 266 g/mol. The van der Waals surface area contributed by atoms with Crippen LogP contribution in [0.1, 0.15) is 72.6 Å². The van der Waals surface area contributed by atoms with Crippen LogP contribution in [0.2, 0.25) is 0 Å². The number of nitrogens with one attached hydrogen (secondary N) is 1. The molecule has 3 atom stereocenters. The van der Waals surface area contributed by atoms with E-state index in [4.69, 9.17) is 0 Å². The van der Waals surface area contributed by atoms with E-state index < -0.39 is 0 Å². The molecule has 19 heavy (non-hydrogen) atoms.